The van der Waals surface area contributed by atoms with Crippen molar-refractivity contribution in [3.8, 4) is 0 Å². The van der Waals surface area contributed by atoms with E-state index >= 15 is 0 Å². The van der Waals surface area contributed by atoms with Gasteiger partial charge in [0.2, 0.25) is 0 Å². The topological polar surface area (TPSA) is 98.7 Å². The third kappa shape index (κ3) is 29.8. The van der Waals surface area contributed by atoms with Crippen LogP contribution >= 0.6 is 7.60 Å². The van der Waals surface area contributed by atoms with E-state index in [0.717, 1.165) is 12.8 Å². The van der Waals surface area contributed by atoms with Gasteiger partial charge in [0.25, 0.3) is 0 Å². The van der Waals surface area contributed by atoms with Gasteiger partial charge in [-0.15, -0.1) is 0 Å². The minimum Gasteiger partial charge on any atom is -0.774 e. The molecule has 1 unspecified atom stereocenters. The van der Waals surface area contributed by atoms with Crippen LogP contribution in [0.2, 0.25) is 0 Å². The molecule has 0 saturated carbocycles. The Labute approximate surface area is 254 Å². The van der Waals surface area contributed by atoms with Crippen molar-refractivity contribution in [1.82, 2.24) is 0 Å². The summed E-state index contributed by atoms with van der Waals surface area (Å²) < 4.78 is 20.3. The zero-order valence-electron chi connectivity index (χ0n) is 22.7. The van der Waals surface area contributed by atoms with Gasteiger partial charge in [0.1, 0.15) is 5.71 Å². The number of rotatable bonds is 26. The van der Waals surface area contributed by atoms with Crippen molar-refractivity contribution in [3.05, 3.63) is 0 Å². The third-order valence-electron chi connectivity index (χ3n) is 5.85. The Hall–Kier alpha value is 1.58. The van der Waals surface area contributed by atoms with E-state index in [9.17, 15) is 19.4 Å². The first-order chi connectivity index (χ1) is 15.5. The molecule has 0 spiro atoms. The smallest absolute Gasteiger partial charge is 0.774 e. The maximum Gasteiger partial charge on any atom is 1.00 e. The van der Waals surface area contributed by atoms with Gasteiger partial charge in [-0.25, -0.2) is 0 Å². The second-order valence-corrected chi connectivity index (χ2v) is 10.5. The Morgan fingerprint density at radius 1 is 0.588 bits per heavy atom. The normalized spacial score (nSPS) is 12.5. The van der Waals surface area contributed by atoms with Gasteiger partial charge in [0.15, 0.2) is 7.60 Å². The molecule has 9 heteroatoms. The maximum atomic E-state index is 10.8. The van der Waals surface area contributed by atoms with Gasteiger partial charge in [0.05, 0.1) is 13.2 Å². The first kappa shape index (κ1) is 40.1. The van der Waals surface area contributed by atoms with E-state index in [1.54, 1.807) is 0 Å². The minimum atomic E-state index is -4.89. The summed E-state index contributed by atoms with van der Waals surface area (Å²) in [5.74, 6) is 0. The minimum absolute atomic E-state index is 0. The van der Waals surface area contributed by atoms with Crippen LogP contribution in [0.3, 0.4) is 0 Å². The Balaban J connectivity index is -0.00000480. The van der Waals surface area contributed by atoms with E-state index in [-0.39, 0.29) is 72.3 Å². The quantitative estimate of drug-likeness (QED) is 0.0945. The summed E-state index contributed by atoms with van der Waals surface area (Å²) in [5, 5.41) is 10.2. The molecule has 0 rings (SSSR count). The van der Waals surface area contributed by atoms with Crippen LogP contribution < -0.4 is 69.1 Å². The van der Waals surface area contributed by atoms with E-state index in [1.807, 2.05) is 0 Å². The predicted octanol–water partition coefficient (Wildman–Crippen LogP) is 0.746. The maximum absolute atomic E-state index is 10.8. The summed E-state index contributed by atoms with van der Waals surface area (Å²) in [4.78, 5) is 21.1. The summed E-state index contributed by atoms with van der Waals surface area (Å²) >= 11 is 0. The van der Waals surface area contributed by atoms with Crippen LogP contribution in [0.5, 0.6) is 0 Å². The van der Waals surface area contributed by atoms with Gasteiger partial charge >= 0.3 is 59.1 Å². The fraction of sp³-hybridized carbons (Fsp3) is 0.960. The summed E-state index contributed by atoms with van der Waals surface area (Å²) in [6.07, 6.45) is 26.8. The Morgan fingerprint density at radius 2 is 0.912 bits per heavy atom. The SMILES string of the molecule is CCCCCCCCCCCCCCCCCCCCCCOCCOP(=O)([O-])C(=O)[O-].[Na+].[Na+]. The Bertz CT molecular complexity index is 469. The van der Waals surface area contributed by atoms with Crippen LogP contribution in [0.25, 0.3) is 0 Å². The van der Waals surface area contributed by atoms with E-state index in [1.165, 1.54) is 116 Å². The molecule has 0 fully saturated rings. The number of hydrogen-bond acceptors (Lipinski definition) is 6. The predicted molar refractivity (Wildman–Crippen MR) is 128 cm³/mol. The van der Waals surface area contributed by atoms with Gasteiger partial charge in [-0.3, -0.25) is 0 Å². The van der Waals surface area contributed by atoms with Crippen molar-refractivity contribution in [1.29, 1.82) is 0 Å². The number of hydrogen-bond donors (Lipinski definition) is 0. The molecule has 0 radical (unpaired) electrons. The molecule has 0 aromatic carbocycles. The third-order valence-corrected chi connectivity index (χ3v) is 6.82. The van der Waals surface area contributed by atoms with Crippen molar-refractivity contribution in [2.24, 2.45) is 0 Å². The molecule has 0 aliphatic rings. The molecule has 0 aliphatic carbocycles. The zero-order valence-corrected chi connectivity index (χ0v) is 27.6. The second kappa shape index (κ2) is 30.8. The van der Waals surface area contributed by atoms with Gasteiger partial charge in [0, 0.05) is 6.61 Å². The molecule has 34 heavy (non-hydrogen) atoms. The Kier molecular flexibility index (Phi) is 36.3. The molecule has 0 aliphatic heterocycles. The van der Waals surface area contributed by atoms with Gasteiger partial charge in [-0.2, -0.15) is 0 Å². The molecular formula is C25H49Na2O6P. The molecule has 192 valence electrons. The molecule has 0 saturated heterocycles. The number of ether oxygens (including phenoxy) is 1. The van der Waals surface area contributed by atoms with Crippen molar-refractivity contribution in [3.63, 3.8) is 0 Å². The first-order valence-electron chi connectivity index (χ1n) is 13.3. The van der Waals surface area contributed by atoms with Crippen LogP contribution in [-0.4, -0.2) is 25.5 Å². The van der Waals surface area contributed by atoms with Gasteiger partial charge < -0.3 is 28.6 Å². The van der Waals surface area contributed by atoms with E-state index < -0.39 is 13.3 Å². The number of carboxylic acid groups (broad SMARTS) is 1. The summed E-state index contributed by atoms with van der Waals surface area (Å²) in [7, 11) is -4.89. The molecule has 6 nitrogen and oxygen atoms in total. The summed E-state index contributed by atoms with van der Waals surface area (Å²) in [6, 6.07) is 0. The number of unbranched alkanes of at least 4 members (excludes halogenated alkanes) is 19. The van der Waals surface area contributed by atoms with E-state index in [2.05, 4.69) is 11.4 Å². The fourth-order valence-electron chi connectivity index (χ4n) is 3.83. The molecule has 0 heterocycles. The van der Waals surface area contributed by atoms with Crippen molar-refractivity contribution in [2.75, 3.05) is 19.8 Å². The molecule has 0 aromatic heterocycles. The molecule has 0 amide bonds. The zero-order chi connectivity index (χ0) is 23.8. The molecule has 0 N–H and O–H groups in total. The number of carbonyl (C=O) groups excluding carboxylic acids is 1. The molecule has 1 atom stereocenters. The van der Waals surface area contributed by atoms with Crippen LogP contribution in [0, 0.1) is 0 Å². The average molecular weight is 523 g/mol. The van der Waals surface area contributed by atoms with Crippen molar-refractivity contribution < 1.29 is 87.7 Å². The molecular weight excluding hydrogens is 473 g/mol. The monoisotopic (exact) mass is 522 g/mol. The second-order valence-electron chi connectivity index (χ2n) is 8.93. The average Bonchev–Trinajstić information content (AvgIpc) is 2.76. The molecule has 0 bridgehead atoms. The van der Waals surface area contributed by atoms with Gasteiger partial charge in [-0.1, -0.05) is 129 Å². The Morgan fingerprint density at radius 3 is 1.24 bits per heavy atom. The summed E-state index contributed by atoms with van der Waals surface area (Å²) in [5.41, 5.74) is -2.19. The van der Waals surface area contributed by atoms with Gasteiger partial charge in [-0.05, 0) is 6.42 Å². The van der Waals surface area contributed by atoms with Crippen molar-refractivity contribution in [2.45, 2.75) is 135 Å². The fourth-order valence-corrected chi connectivity index (χ4v) is 4.25. The van der Waals surface area contributed by atoms with E-state index in [4.69, 9.17) is 4.74 Å². The first-order valence-corrected chi connectivity index (χ1v) is 14.8. The van der Waals surface area contributed by atoms with Crippen molar-refractivity contribution >= 4 is 13.3 Å². The summed E-state index contributed by atoms with van der Waals surface area (Å²) in [6.45, 7) is 2.60. The largest absolute Gasteiger partial charge is 1.00 e. The number of carbonyl (C=O) groups is 1. The van der Waals surface area contributed by atoms with Crippen LogP contribution in [0.15, 0.2) is 0 Å². The van der Waals surface area contributed by atoms with E-state index in [0.29, 0.717) is 6.61 Å². The standard InChI is InChI=1S/C25H51O6P.2Na/c1-2-3-4-5-6-7-8-9-10-11-12-13-14-15-16-17-18-19-20-21-22-30-23-24-31-32(28,29)25(26)27;;/h2-24H2,1H3,(H,26,27)(H,28,29);;/q;2*+1/p-2. The van der Waals surface area contributed by atoms with Crippen LogP contribution in [0.1, 0.15) is 135 Å². The van der Waals surface area contributed by atoms with Crippen LogP contribution in [-0.2, 0) is 13.8 Å². The van der Waals surface area contributed by atoms with Crippen LogP contribution in [0.4, 0.5) is 4.79 Å². The molecule has 0 aromatic rings.